The van der Waals surface area contributed by atoms with E-state index < -0.39 is 17.7 Å². The summed E-state index contributed by atoms with van der Waals surface area (Å²) in [5.41, 5.74) is -2.08. The van der Waals surface area contributed by atoms with Gasteiger partial charge in [0.1, 0.15) is 6.10 Å². The van der Waals surface area contributed by atoms with Gasteiger partial charge in [-0.15, -0.1) is 0 Å². The largest absolute Gasteiger partial charge is 0.404 e. The minimum absolute atomic E-state index is 0.0977. The first-order valence-electron chi connectivity index (χ1n) is 5.55. The van der Waals surface area contributed by atoms with E-state index in [1.54, 1.807) is 6.92 Å². The van der Waals surface area contributed by atoms with Crippen molar-refractivity contribution in [3.8, 4) is 0 Å². The molecule has 1 aromatic heterocycles. The highest BCUT2D eigenvalue weighted by Crippen LogP contribution is 2.44. The van der Waals surface area contributed by atoms with Gasteiger partial charge in [-0.1, -0.05) is 5.16 Å². The fourth-order valence-corrected chi connectivity index (χ4v) is 1.94. The summed E-state index contributed by atoms with van der Waals surface area (Å²) in [7, 11) is 1.43. The number of nitrogens with zero attached hydrogens (tertiary/aromatic N) is 2. The first-order chi connectivity index (χ1) is 8.40. The highest BCUT2D eigenvalue weighted by atomic mass is 19.4. The smallest absolute Gasteiger partial charge is 0.374 e. The minimum atomic E-state index is -4.42. The lowest BCUT2D eigenvalue weighted by Gasteiger charge is -2.26. The highest BCUT2D eigenvalue weighted by Gasteiger charge is 2.61. The number of methoxy groups -OCH3 is 1. The Hall–Kier alpha value is -1.15. The second-order valence-corrected chi connectivity index (χ2v) is 4.34. The van der Waals surface area contributed by atoms with Gasteiger partial charge in [-0.2, -0.15) is 18.2 Å². The molecule has 1 N–H and O–H groups in total. The van der Waals surface area contributed by atoms with Crippen LogP contribution in [0.2, 0.25) is 0 Å². The van der Waals surface area contributed by atoms with Crippen LogP contribution in [0.3, 0.4) is 0 Å². The molecule has 0 amide bonds. The fourth-order valence-electron chi connectivity index (χ4n) is 1.94. The number of nitrogens with one attached hydrogen (secondary N) is 1. The average Bonchev–Trinajstić information content (AvgIpc) is 2.95. The Morgan fingerprint density at radius 2 is 2.22 bits per heavy atom. The van der Waals surface area contributed by atoms with Gasteiger partial charge in [-0.05, 0) is 19.9 Å². The van der Waals surface area contributed by atoms with Crippen LogP contribution in [0.4, 0.5) is 13.2 Å². The third kappa shape index (κ3) is 1.99. The third-order valence-electron chi connectivity index (χ3n) is 3.27. The van der Waals surface area contributed by atoms with Crippen molar-refractivity contribution in [2.45, 2.75) is 31.0 Å². The molecule has 0 saturated carbocycles. The van der Waals surface area contributed by atoms with Crippen LogP contribution in [-0.4, -0.2) is 36.5 Å². The van der Waals surface area contributed by atoms with Crippen molar-refractivity contribution in [3.63, 3.8) is 0 Å². The molecule has 8 heteroatoms. The van der Waals surface area contributed by atoms with Crippen molar-refractivity contribution < 1.29 is 22.4 Å². The van der Waals surface area contributed by atoms with Gasteiger partial charge in [0.25, 0.3) is 0 Å². The second-order valence-electron chi connectivity index (χ2n) is 4.34. The lowest BCUT2D eigenvalue weighted by molar-refractivity contribution is -0.191. The Morgan fingerprint density at radius 1 is 1.50 bits per heavy atom. The lowest BCUT2D eigenvalue weighted by Crippen LogP contribution is -2.44. The third-order valence-corrected chi connectivity index (χ3v) is 3.27. The predicted octanol–water partition coefficient (Wildman–Crippen LogP) is 1.57. The minimum Gasteiger partial charge on any atom is -0.374 e. The molecule has 0 spiro atoms. The molecule has 1 saturated heterocycles. The molecular formula is C10H14F3N3O2. The maximum Gasteiger partial charge on any atom is 0.404 e. The molecule has 1 aliphatic heterocycles. The maximum absolute atomic E-state index is 13.2. The Kier molecular flexibility index (Phi) is 3.33. The first kappa shape index (κ1) is 13.3. The summed E-state index contributed by atoms with van der Waals surface area (Å²) >= 11 is 0. The number of aromatic nitrogens is 2. The van der Waals surface area contributed by atoms with Crippen LogP contribution >= 0.6 is 0 Å². The molecule has 2 atom stereocenters. The lowest BCUT2D eigenvalue weighted by atomic mass is 9.86. The van der Waals surface area contributed by atoms with Crippen molar-refractivity contribution in [2.24, 2.45) is 0 Å². The van der Waals surface area contributed by atoms with Gasteiger partial charge in [0.05, 0.1) is 0 Å². The molecule has 18 heavy (non-hydrogen) atoms. The Bertz CT molecular complexity index is 413. The monoisotopic (exact) mass is 265 g/mol. The Labute approximate surface area is 102 Å². The summed E-state index contributed by atoms with van der Waals surface area (Å²) in [4.78, 5) is 3.84. The van der Waals surface area contributed by atoms with Crippen LogP contribution in [-0.2, 0) is 10.2 Å². The van der Waals surface area contributed by atoms with Crippen molar-refractivity contribution in [2.75, 3.05) is 20.2 Å². The van der Waals surface area contributed by atoms with E-state index in [1.165, 1.54) is 7.11 Å². The molecule has 0 radical (unpaired) electrons. The first-order valence-corrected chi connectivity index (χ1v) is 5.55. The zero-order chi connectivity index (χ0) is 13.4. The molecule has 1 fully saturated rings. The topological polar surface area (TPSA) is 60.2 Å². The van der Waals surface area contributed by atoms with Crippen LogP contribution in [0.15, 0.2) is 4.52 Å². The van der Waals surface area contributed by atoms with Crippen LogP contribution in [0.25, 0.3) is 0 Å². The molecule has 5 nitrogen and oxygen atoms in total. The Morgan fingerprint density at radius 3 is 2.72 bits per heavy atom. The van der Waals surface area contributed by atoms with E-state index in [2.05, 4.69) is 15.5 Å². The zero-order valence-corrected chi connectivity index (χ0v) is 10.0. The fraction of sp³-hybridized carbons (Fsp3) is 0.800. The van der Waals surface area contributed by atoms with E-state index in [1.807, 2.05) is 0 Å². The van der Waals surface area contributed by atoms with Gasteiger partial charge in [0, 0.05) is 13.7 Å². The summed E-state index contributed by atoms with van der Waals surface area (Å²) in [5.74, 6) is -0.262. The normalized spacial score (nSPS) is 26.5. The quantitative estimate of drug-likeness (QED) is 0.899. The molecular weight excluding hydrogens is 251 g/mol. The summed E-state index contributed by atoms with van der Waals surface area (Å²) in [6.07, 6.45) is -5.02. The Balaban J connectivity index is 2.36. The van der Waals surface area contributed by atoms with Gasteiger partial charge in [-0.25, -0.2) is 0 Å². The molecule has 1 aliphatic rings. The van der Waals surface area contributed by atoms with Gasteiger partial charge in [0.2, 0.25) is 5.89 Å². The molecule has 0 aromatic carbocycles. The average molecular weight is 265 g/mol. The van der Waals surface area contributed by atoms with Crippen LogP contribution in [0.5, 0.6) is 0 Å². The van der Waals surface area contributed by atoms with E-state index in [-0.39, 0.29) is 31.2 Å². The predicted molar refractivity (Wildman–Crippen MR) is 54.9 cm³/mol. The van der Waals surface area contributed by atoms with Crippen molar-refractivity contribution in [1.29, 1.82) is 0 Å². The van der Waals surface area contributed by atoms with Crippen molar-refractivity contribution in [3.05, 3.63) is 11.7 Å². The summed E-state index contributed by atoms with van der Waals surface area (Å²) in [6.45, 7) is 1.68. The summed E-state index contributed by atoms with van der Waals surface area (Å²) in [6, 6.07) is 0. The summed E-state index contributed by atoms with van der Waals surface area (Å²) < 4.78 is 49.3. The number of alkyl halides is 3. The van der Waals surface area contributed by atoms with E-state index in [0.717, 1.165) is 0 Å². The number of halogens is 3. The molecule has 1 aromatic rings. The molecule has 0 bridgehead atoms. The molecule has 2 rings (SSSR count). The molecule has 0 aliphatic carbocycles. The number of ether oxygens (including phenoxy) is 1. The van der Waals surface area contributed by atoms with Crippen LogP contribution < -0.4 is 5.32 Å². The maximum atomic E-state index is 13.2. The second kappa shape index (κ2) is 4.51. The van der Waals surface area contributed by atoms with E-state index >= 15 is 0 Å². The van der Waals surface area contributed by atoms with E-state index in [9.17, 15) is 13.2 Å². The van der Waals surface area contributed by atoms with Gasteiger partial charge in [0.15, 0.2) is 11.2 Å². The SMILES string of the molecule is COC(C)c1noc(C2(C(F)(F)F)CCNC2)n1. The van der Waals surface area contributed by atoms with Crippen LogP contribution in [0, 0.1) is 0 Å². The van der Waals surface area contributed by atoms with Crippen molar-refractivity contribution in [1.82, 2.24) is 15.5 Å². The zero-order valence-electron chi connectivity index (χ0n) is 10.0. The molecule has 102 valence electrons. The van der Waals surface area contributed by atoms with Gasteiger partial charge in [-0.3, -0.25) is 0 Å². The summed E-state index contributed by atoms with van der Waals surface area (Å²) in [5, 5.41) is 6.24. The van der Waals surface area contributed by atoms with Crippen molar-refractivity contribution >= 4 is 0 Å². The van der Waals surface area contributed by atoms with Gasteiger partial charge >= 0.3 is 6.18 Å². The van der Waals surface area contributed by atoms with Gasteiger partial charge < -0.3 is 14.6 Å². The molecule has 2 unspecified atom stereocenters. The van der Waals surface area contributed by atoms with Crippen LogP contribution in [0.1, 0.15) is 31.2 Å². The van der Waals surface area contributed by atoms with E-state index in [0.29, 0.717) is 0 Å². The number of hydrogen-bond donors (Lipinski definition) is 1. The number of hydrogen-bond acceptors (Lipinski definition) is 5. The highest BCUT2D eigenvalue weighted by molar-refractivity contribution is 5.14. The van der Waals surface area contributed by atoms with E-state index in [4.69, 9.17) is 9.26 Å². The number of rotatable bonds is 3. The molecule has 2 heterocycles. The standard InChI is InChI=1S/C10H14F3N3O2/c1-6(17-2)7-15-8(18-16-7)9(10(11,12)13)3-4-14-5-9/h6,14H,3-5H2,1-2H3.